The highest BCUT2D eigenvalue weighted by molar-refractivity contribution is 6.05. The van der Waals surface area contributed by atoms with Crippen LogP contribution in [-0.4, -0.2) is 40.9 Å². The van der Waals surface area contributed by atoms with Crippen LogP contribution in [0.15, 0.2) is 42.7 Å². The van der Waals surface area contributed by atoms with Gasteiger partial charge in [-0.15, -0.1) is 0 Å². The predicted octanol–water partition coefficient (Wildman–Crippen LogP) is 4.14. The van der Waals surface area contributed by atoms with Crippen LogP contribution in [0.3, 0.4) is 0 Å². The van der Waals surface area contributed by atoms with Crippen molar-refractivity contribution in [3.05, 3.63) is 53.9 Å². The molecule has 1 aromatic heterocycles. The third kappa shape index (κ3) is 5.31. The molecule has 1 aromatic carbocycles. The average Bonchev–Trinajstić information content (AvgIpc) is 2.98. The third-order valence-corrected chi connectivity index (χ3v) is 4.62. The van der Waals surface area contributed by atoms with E-state index in [1.807, 2.05) is 30.9 Å². The summed E-state index contributed by atoms with van der Waals surface area (Å²) >= 11 is 0. The van der Waals surface area contributed by atoms with Crippen LogP contribution in [0.4, 0.5) is 5.69 Å². The number of carbonyl (C=O) groups excluding carboxylic acids is 2. The smallest absolute Gasteiger partial charge is 0.257 e. The van der Waals surface area contributed by atoms with Crippen LogP contribution in [0.1, 0.15) is 60.2 Å². The van der Waals surface area contributed by atoms with E-state index in [1.54, 1.807) is 18.2 Å². The van der Waals surface area contributed by atoms with Gasteiger partial charge in [0, 0.05) is 31.2 Å². The summed E-state index contributed by atoms with van der Waals surface area (Å²) < 4.78 is 5.60. The Morgan fingerprint density at radius 1 is 1.00 bits per heavy atom. The zero-order valence-corrected chi connectivity index (χ0v) is 16.5. The number of amides is 2. The van der Waals surface area contributed by atoms with Gasteiger partial charge in [0.05, 0.1) is 17.2 Å². The number of carbonyl (C=O) groups is 2. The van der Waals surface area contributed by atoms with Crippen molar-refractivity contribution in [2.24, 2.45) is 0 Å². The Hall–Kier alpha value is -2.89. The Kier molecular flexibility index (Phi) is 6.63. The second-order valence-corrected chi connectivity index (χ2v) is 7.31. The first-order valence-electron chi connectivity index (χ1n) is 9.85. The predicted molar refractivity (Wildman–Crippen MR) is 109 cm³/mol. The number of ether oxygens (including phenoxy) is 1. The number of hydrogen-bond donors (Lipinski definition) is 1. The highest BCUT2D eigenvalue weighted by Gasteiger charge is 2.19. The Labute approximate surface area is 165 Å². The van der Waals surface area contributed by atoms with Gasteiger partial charge in [-0.25, -0.2) is 0 Å². The fourth-order valence-corrected chi connectivity index (χ4v) is 3.23. The summed E-state index contributed by atoms with van der Waals surface area (Å²) in [6, 6.07) is 8.82. The lowest BCUT2D eigenvalue weighted by Gasteiger charge is -2.20. The zero-order valence-electron chi connectivity index (χ0n) is 16.5. The van der Waals surface area contributed by atoms with Crippen molar-refractivity contribution < 1.29 is 14.3 Å². The van der Waals surface area contributed by atoms with Gasteiger partial charge in [0.2, 0.25) is 0 Å². The summed E-state index contributed by atoms with van der Waals surface area (Å²) in [6.07, 6.45) is 7.46. The van der Waals surface area contributed by atoms with Crippen LogP contribution < -0.4 is 10.1 Å². The monoisotopic (exact) mass is 381 g/mol. The van der Waals surface area contributed by atoms with Crippen molar-refractivity contribution >= 4 is 17.5 Å². The summed E-state index contributed by atoms with van der Waals surface area (Å²) in [5, 5.41) is 2.84. The molecule has 6 nitrogen and oxygen atoms in total. The molecule has 0 radical (unpaired) electrons. The van der Waals surface area contributed by atoms with Crippen LogP contribution in [0.5, 0.6) is 5.75 Å². The molecule has 1 aliphatic heterocycles. The van der Waals surface area contributed by atoms with Crippen molar-refractivity contribution in [2.75, 3.05) is 18.4 Å². The van der Waals surface area contributed by atoms with E-state index in [0.29, 0.717) is 16.8 Å². The van der Waals surface area contributed by atoms with Gasteiger partial charge in [0.1, 0.15) is 5.75 Å². The SMILES string of the molecule is CC(C)Oc1ccc(NC(=O)c2cncc(C(=O)N3CCCCCC3)c2)cc1. The van der Waals surface area contributed by atoms with Crippen LogP contribution in [0, 0.1) is 0 Å². The number of anilines is 1. The average molecular weight is 381 g/mol. The molecule has 1 aliphatic rings. The standard InChI is InChI=1S/C22H27N3O3/c1-16(2)28-20-9-7-19(8-10-20)24-21(26)17-13-18(15-23-14-17)22(27)25-11-5-3-4-6-12-25/h7-10,13-16H,3-6,11-12H2,1-2H3,(H,24,26). The van der Waals surface area contributed by atoms with E-state index in [9.17, 15) is 9.59 Å². The van der Waals surface area contributed by atoms with E-state index >= 15 is 0 Å². The van der Waals surface area contributed by atoms with Gasteiger partial charge in [-0.1, -0.05) is 12.8 Å². The Bertz CT molecular complexity index is 810. The number of likely N-dealkylation sites (tertiary alicyclic amines) is 1. The number of pyridine rings is 1. The van der Waals surface area contributed by atoms with Gasteiger partial charge in [0.15, 0.2) is 0 Å². The molecule has 28 heavy (non-hydrogen) atoms. The zero-order chi connectivity index (χ0) is 19.9. The fraction of sp³-hybridized carbons (Fsp3) is 0.409. The molecular formula is C22H27N3O3. The maximum Gasteiger partial charge on any atom is 0.257 e. The quantitative estimate of drug-likeness (QED) is 0.845. The van der Waals surface area contributed by atoms with Crippen LogP contribution >= 0.6 is 0 Å². The molecule has 3 rings (SSSR count). The van der Waals surface area contributed by atoms with E-state index < -0.39 is 0 Å². The van der Waals surface area contributed by atoms with E-state index in [2.05, 4.69) is 10.3 Å². The second-order valence-electron chi connectivity index (χ2n) is 7.31. The molecular weight excluding hydrogens is 354 g/mol. The van der Waals surface area contributed by atoms with Crippen molar-refractivity contribution in [3.63, 3.8) is 0 Å². The molecule has 148 valence electrons. The lowest BCUT2D eigenvalue weighted by atomic mass is 10.1. The lowest BCUT2D eigenvalue weighted by molar-refractivity contribution is 0.0761. The van der Waals surface area contributed by atoms with Crippen LogP contribution in [0.2, 0.25) is 0 Å². The lowest BCUT2D eigenvalue weighted by Crippen LogP contribution is -2.32. The van der Waals surface area contributed by atoms with Crippen molar-refractivity contribution in [2.45, 2.75) is 45.6 Å². The second kappa shape index (κ2) is 9.35. The largest absolute Gasteiger partial charge is 0.491 e. The van der Waals surface area contributed by atoms with Gasteiger partial charge in [-0.3, -0.25) is 14.6 Å². The van der Waals surface area contributed by atoms with E-state index in [0.717, 1.165) is 44.5 Å². The molecule has 0 aliphatic carbocycles. The van der Waals surface area contributed by atoms with E-state index in [-0.39, 0.29) is 17.9 Å². The summed E-state index contributed by atoms with van der Waals surface area (Å²) in [5.41, 5.74) is 1.48. The van der Waals surface area contributed by atoms with Gasteiger partial charge in [-0.05, 0) is 57.0 Å². The Morgan fingerprint density at radius 2 is 1.64 bits per heavy atom. The minimum atomic E-state index is -0.296. The first-order valence-corrected chi connectivity index (χ1v) is 9.85. The summed E-state index contributed by atoms with van der Waals surface area (Å²) in [5.74, 6) is 0.398. The Balaban J connectivity index is 1.67. The normalized spacial score (nSPS) is 14.5. The third-order valence-electron chi connectivity index (χ3n) is 4.62. The number of aromatic nitrogens is 1. The number of benzene rings is 1. The van der Waals surface area contributed by atoms with E-state index in [1.165, 1.54) is 12.4 Å². The number of nitrogens with zero attached hydrogens (tertiary/aromatic N) is 2. The van der Waals surface area contributed by atoms with Gasteiger partial charge in [-0.2, -0.15) is 0 Å². The van der Waals surface area contributed by atoms with Crippen molar-refractivity contribution in [3.8, 4) is 5.75 Å². The molecule has 1 saturated heterocycles. The molecule has 2 amide bonds. The molecule has 0 unspecified atom stereocenters. The Morgan fingerprint density at radius 3 is 2.29 bits per heavy atom. The van der Waals surface area contributed by atoms with Crippen LogP contribution in [-0.2, 0) is 0 Å². The number of rotatable bonds is 5. The topological polar surface area (TPSA) is 71.5 Å². The summed E-state index contributed by atoms with van der Waals surface area (Å²) in [4.78, 5) is 31.3. The first-order chi connectivity index (χ1) is 13.5. The summed E-state index contributed by atoms with van der Waals surface area (Å²) in [6.45, 7) is 5.45. The molecule has 0 atom stereocenters. The van der Waals surface area contributed by atoms with Gasteiger partial charge < -0.3 is 15.0 Å². The van der Waals surface area contributed by atoms with Crippen molar-refractivity contribution in [1.82, 2.24) is 9.88 Å². The molecule has 6 heteroatoms. The molecule has 0 saturated carbocycles. The molecule has 1 N–H and O–H groups in total. The molecule has 2 heterocycles. The van der Waals surface area contributed by atoms with Gasteiger partial charge >= 0.3 is 0 Å². The molecule has 2 aromatic rings. The highest BCUT2D eigenvalue weighted by Crippen LogP contribution is 2.18. The molecule has 0 bridgehead atoms. The number of hydrogen-bond acceptors (Lipinski definition) is 4. The van der Waals surface area contributed by atoms with E-state index in [4.69, 9.17) is 4.74 Å². The maximum atomic E-state index is 12.8. The maximum absolute atomic E-state index is 12.8. The summed E-state index contributed by atoms with van der Waals surface area (Å²) in [7, 11) is 0. The first kappa shape index (κ1) is 19.9. The minimum absolute atomic E-state index is 0.0563. The minimum Gasteiger partial charge on any atom is -0.491 e. The van der Waals surface area contributed by atoms with Gasteiger partial charge in [0.25, 0.3) is 11.8 Å². The van der Waals surface area contributed by atoms with Crippen molar-refractivity contribution in [1.29, 1.82) is 0 Å². The fourth-order valence-electron chi connectivity index (χ4n) is 3.23. The molecule has 0 spiro atoms. The highest BCUT2D eigenvalue weighted by atomic mass is 16.5. The number of nitrogens with one attached hydrogen (secondary N) is 1. The van der Waals surface area contributed by atoms with Crippen LogP contribution in [0.25, 0.3) is 0 Å². The molecule has 1 fully saturated rings.